The summed E-state index contributed by atoms with van der Waals surface area (Å²) in [5.74, 6) is 0.432. The van der Waals surface area contributed by atoms with Gasteiger partial charge in [-0.2, -0.15) is 0 Å². The summed E-state index contributed by atoms with van der Waals surface area (Å²) in [6.07, 6.45) is -0.501. The molecule has 0 bridgehead atoms. The lowest BCUT2D eigenvalue weighted by molar-refractivity contribution is 0.0571. The van der Waals surface area contributed by atoms with E-state index < -0.39 is 12.2 Å². The van der Waals surface area contributed by atoms with Crippen molar-refractivity contribution in [1.82, 2.24) is 15.1 Å². The Morgan fingerprint density at radius 3 is 2.42 bits per heavy atom. The van der Waals surface area contributed by atoms with Crippen molar-refractivity contribution in [3.63, 3.8) is 0 Å². The Morgan fingerprint density at radius 1 is 1.16 bits per heavy atom. The van der Waals surface area contributed by atoms with Crippen LogP contribution in [0.25, 0.3) is 0 Å². The van der Waals surface area contributed by atoms with Crippen LogP contribution in [0.4, 0.5) is 13.6 Å². The number of carbonyl (C=O) groups excluding carboxylic acids is 1. The van der Waals surface area contributed by atoms with Gasteiger partial charge in [-0.05, 0) is 62.7 Å². The molecule has 3 rings (SSSR count). The van der Waals surface area contributed by atoms with Gasteiger partial charge >= 0.3 is 6.03 Å². The SMILES string of the molecule is CC(C)Oc1ccc(CNC(=O)N(Cc2ccc(F)cc2)[C@H]2CCN(C)C[C@H]2F)cc1. The molecule has 0 unspecified atom stereocenters. The minimum absolute atomic E-state index is 0.0914. The Bertz CT molecular complexity index is 843. The van der Waals surface area contributed by atoms with Crippen molar-refractivity contribution < 1.29 is 18.3 Å². The van der Waals surface area contributed by atoms with E-state index in [2.05, 4.69) is 5.32 Å². The van der Waals surface area contributed by atoms with E-state index in [1.165, 1.54) is 12.1 Å². The summed E-state index contributed by atoms with van der Waals surface area (Å²) in [7, 11) is 1.87. The van der Waals surface area contributed by atoms with Crippen molar-refractivity contribution in [1.29, 1.82) is 0 Å². The highest BCUT2D eigenvalue weighted by Crippen LogP contribution is 2.22. The van der Waals surface area contributed by atoms with Crippen LogP contribution in [0.5, 0.6) is 5.75 Å². The minimum atomic E-state index is -1.14. The fourth-order valence-corrected chi connectivity index (χ4v) is 3.76. The monoisotopic (exact) mass is 431 g/mol. The van der Waals surface area contributed by atoms with Gasteiger partial charge in [0.05, 0.1) is 12.1 Å². The quantitative estimate of drug-likeness (QED) is 0.708. The fourth-order valence-electron chi connectivity index (χ4n) is 3.76. The second-order valence-electron chi connectivity index (χ2n) is 8.36. The summed E-state index contributed by atoms with van der Waals surface area (Å²) in [6, 6.07) is 12.6. The molecule has 1 saturated heterocycles. The first-order chi connectivity index (χ1) is 14.8. The maximum atomic E-state index is 14.9. The van der Waals surface area contributed by atoms with Crippen LogP contribution >= 0.6 is 0 Å². The number of nitrogens with one attached hydrogen (secondary N) is 1. The van der Waals surface area contributed by atoms with Gasteiger partial charge < -0.3 is 19.9 Å². The zero-order chi connectivity index (χ0) is 22.4. The summed E-state index contributed by atoms with van der Waals surface area (Å²) in [6.45, 7) is 5.48. The summed E-state index contributed by atoms with van der Waals surface area (Å²) < 4.78 is 33.8. The van der Waals surface area contributed by atoms with E-state index in [1.54, 1.807) is 17.0 Å². The molecule has 2 atom stereocenters. The highest BCUT2D eigenvalue weighted by atomic mass is 19.1. The third-order valence-corrected chi connectivity index (χ3v) is 5.38. The van der Waals surface area contributed by atoms with Crippen LogP contribution in [-0.4, -0.2) is 54.3 Å². The van der Waals surface area contributed by atoms with Gasteiger partial charge in [0.2, 0.25) is 0 Å². The molecule has 5 nitrogen and oxygen atoms in total. The molecule has 1 N–H and O–H groups in total. The maximum Gasteiger partial charge on any atom is 0.318 e. The van der Waals surface area contributed by atoms with Crippen molar-refractivity contribution in [3.8, 4) is 5.75 Å². The number of urea groups is 1. The number of ether oxygens (including phenoxy) is 1. The second-order valence-corrected chi connectivity index (χ2v) is 8.36. The zero-order valence-corrected chi connectivity index (χ0v) is 18.4. The molecule has 7 heteroatoms. The smallest absolute Gasteiger partial charge is 0.318 e. The molecule has 0 saturated carbocycles. The molecule has 0 radical (unpaired) electrons. The van der Waals surface area contributed by atoms with Crippen LogP contribution in [0, 0.1) is 5.82 Å². The summed E-state index contributed by atoms with van der Waals surface area (Å²) in [4.78, 5) is 16.5. The van der Waals surface area contributed by atoms with Gasteiger partial charge in [-0.3, -0.25) is 0 Å². The standard InChI is InChI=1S/C24H31F2N3O2/c1-17(2)31-21-10-6-18(7-11-21)14-27-24(30)29(15-19-4-8-20(25)9-5-19)23-12-13-28(3)16-22(23)26/h4-11,17,22-23H,12-16H2,1-3H3,(H,27,30)/t22-,23+/m1/s1. The average Bonchev–Trinajstić information content (AvgIpc) is 2.73. The predicted molar refractivity (Wildman–Crippen MR) is 117 cm³/mol. The fraction of sp³-hybridized carbons (Fsp3) is 0.458. The first-order valence-corrected chi connectivity index (χ1v) is 10.7. The largest absolute Gasteiger partial charge is 0.491 e. The van der Waals surface area contributed by atoms with Crippen molar-refractivity contribution in [2.45, 2.75) is 51.7 Å². The molecule has 0 spiro atoms. The number of carbonyl (C=O) groups is 1. The number of alkyl halides is 1. The average molecular weight is 432 g/mol. The van der Waals surface area contributed by atoms with Crippen molar-refractivity contribution in [3.05, 3.63) is 65.5 Å². The van der Waals surface area contributed by atoms with E-state index in [1.807, 2.05) is 50.1 Å². The van der Waals surface area contributed by atoms with Crippen LogP contribution in [0.2, 0.25) is 0 Å². The molecule has 1 fully saturated rings. The summed E-state index contributed by atoms with van der Waals surface area (Å²) >= 11 is 0. The third-order valence-electron chi connectivity index (χ3n) is 5.38. The van der Waals surface area contributed by atoms with E-state index in [-0.39, 0.29) is 31.0 Å². The van der Waals surface area contributed by atoms with E-state index in [9.17, 15) is 13.6 Å². The van der Waals surface area contributed by atoms with Gasteiger partial charge in [-0.15, -0.1) is 0 Å². The molecule has 1 heterocycles. The molecule has 2 aromatic rings. The third kappa shape index (κ3) is 6.66. The normalized spacial score (nSPS) is 19.3. The van der Waals surface area contributed by atoms with Gasteiger partial charge in [-0.25, -0.2) is 13.6 Å². The van der Waals surface area contributed by atoms with Gasteiger partial charge in [0.25, 0.3) is 0 Å². The van der Waals surface area contributed by atoms with Crippen LogP contribution < -0.4 is 10.1 Å². The Hall–Kier alpha value is -2.67. The van der Waals surface area contributed by atoms with E-state index in [4.69, 9.17) is 4.74 Å². The topological polar surface area (TPSA) is 44.8 Å². The lowest BCUT2D eigenvalue weighted by atomic mass is 10.0. The van der Waals surface area contributed by atoms with Crippen molar-refractivity contribution in [2.24, 2.45) is 0 Å². The molecule has 31 heavy (non-hydrogen) atoms. The van der Waals surface area contributed by atoms with Crippen LogP contribution in [0.15, 0.2) is 48.5 Å². The number of rotatable bonds is 7. The first-order valence-electron chi connectivity index (χ1n) is 10.7. The number of amides is 2. The van der Waals surface area contributed by atoms with E-state index >= 15 is 0 Å². The van der Waals surface area contributed by atoms with Crippen LogP contribution in [0.3, 0.4) is 0 Å². The molecule has 1 aliphatic heterocycles. The lowest BCUT2D eigenvalue weighted by Gasteiger charge is -2.39. The van der Waals surface area contributed by atoms with Gasteiger partial charge in [0.15, 0.2) is 0 Å². The predicted octanol–water partition coefficient (Wildman–Crippen LogP) is 4.37. The number of halogens is 2. The number of likely N-dealkylation sites (tertiary alicyclic amines) is 1. The minimum Gasteiger partial charge on any atom is -0.491 e. The zero-order valence-electron chi connectivity index (χ0n) is 18.4. The van der Waals surface area contributed by atoms with E-state index in [0.29, 0.717) is 13.0 Å². The van der Waals surface area contributed by atoms with Crippen LogP contribution in [0.1, 0.15) is 31.4 Å². The Kier molecular flexibility index (Phi) is 7.85. The highest BCUT2D eigenvalue weighted by Gasteiger charge is 2.35. The number of benzene rings is 2. The Morgan fingerprint density at radius 2 is 1.81 bits per heavy atom. The van der Waals surface area contributed by atoms with Gasteiger partial charge in [0, 0.05) is 26.2 Å². The molecule has 168 valence electrons. The molecular weight excluding hydrogens is 400 g/mol. The molecular formula is C24H31F2N3O2. The Balaban J connectivity index is 1.68. The number of piperidine rings is 1. The molecule has 2 aromatic carbocycles. The van der Waals surface area contributed by atoms with Gasteiger partial charge in [0.1, 0.15) is 17.7 Å². The molecule has 0 aliphatic carbocycles. The van der Waals surface area contributed by atoms with Crippen LogP contribution in [-0.2, 0) is 13.1 Å². The molecule has 1 aliphatic rings. The van der Waals surface area contributed by atoms with Crippen molar-refractivity contribution in [2.75, 3.05) is 20.1 Å². The highest BCUT2D eigenvalue weighted by molar-refractivity contribution is 5.74. The number of hydrogen-bond donors (Lipinski definition) is 1. The Labute approximate surface area is 183 Å². The lowest BCUT2D eigenvalue weighted by Crippen LogP contribution is -2.55. The summed E-state index contributed by atoms with van der Waals surface area (Å²) in [5.41, 5.74) is 1.68. The van der Waals surface area contributed by atoms with Gasteiger partial charge in [-0.1, -0.05) is 24.3 Å². The second kappa shape index (κ2) is 10.6. The maximum absolute atomic E-state index is 14.9. The summed E-state index contributed by atoms with van der Waals surface area (Å²) in [5, 5.41) is 2.91. The number of nitrogens with zero attached hydrogens (tertiary/aromatic N) is 2. The molecule has 0 aromatic heterocycles. The number of hydrogen-bond acceptors (Lipinski definition) is 3. The molecule has 2 amide bonds. The van der Waals surface area contributed by atoms with E-state index in [0.717, 1.165) is 23.4 Å². The van der Waals surface area contributed by atoms with Crippen molar-refractivity contribution >= 4 is 6.03 Å². The first kappa shape index (κ1) is 23.0.